The van der Waals surface area contributed by atoms with Gasteiger partial charge in [-0.2, -0.15) is 5.26 Å². The predicted molar refractivity (Wildman–Crippen MR) is 62.1 cm³/mol. The fraction of sp³-hybridized carbons (Fsp3) is 0.545. The van der Waals surface area contributed by atoms with Crippen molar-refractivity contribution < 1.29 is 14.9 Å². The van der Waals surface area contributed by atoms with Crippen LogP contribution in [-0.2, 0) is 10.5 Å². The van der Waals surface area contributed by atoms with Gasteiger partial charge in [-0.15, -0.1) is 0 Å². The largest absolute Gasteiger partial charge is 0.394 e. The minimum Gasteiger partial charge on any atom is -0.394 e. The number of hydrogen-bond donors (Lipinski definition) is 3. The second-order valence-electron chi connectivity index (χ2n) is 4.70. The van der Waals surface area contributed by atoms with E-state index in [9.17, 15) is 20.0 Å². The van der Waals surface area contributed by atoms with Crippen molar-refractivity contribution >= 4 is 0 Å². The maximum Gasteiger partial charge on any atom is 0.331 e. The maximum absolute atomic E-state index is 11.7. The van der Waals surface area contributed by atoms with Crippen molar-refractivity contribution in [3.63, 3.8) is 0 Å². The number of hydrogen-bond acceptors (Lipinski definition) is 6. The van der Waals surface area contributed by atoms with Gasteiger partial charge in [0.15, 0.2) is 0 Å². The van der Waals surface area contributed by atoms with Gasteiger partial charge in [-0.3, -0.25) is 14.3 Å². The van der Waals surface area contributed by atoms with E-state index < -0.39 is 35.3 Å². The average molecular weight is 267 g/mol. The molecule has 19 heavy (non-hydrogen) atoms. The zero-order valence-electron chi connectivity index (χ0n) is 10.2. The van der Waals surface area contributed by atoms with Crippen molar-refractivity contribution in [3.8, 4) is 6.07 Å². The van der Waals surface area contributed by atoms with Gasteiger partial charge in [-0.05, 0) is 6.92 Å². The number of nitrogens with zero attached hydrogens (tertiary/aromatic N) is 2. The number of rotatable bonds is 2. The van der Waals surface area contributed by atoms with Gasteiger partial charge in [0, 0.05) is 18.7 Å². The van der Waals surface area contributed by atoms with Crippen molar-refractivity contribution in [2.45, 2.75) is 30.8 Å². The van der Waals surface area contributed by atoms with E-state index in [-0.39, 0.29) is 6.42 Å². The molecule has 1 aliphatic rings. The number of H-pyrrole nitrogens is 1. The Balaban J connectivity index is 2.55. The maximum atomic E-state index is 11.7. The lowest BCUT2D eigenvalue weighted by Crippen LogP contribution is -2.43. The van der Waals surface area contributed by atoms with Gasteiger partial charge < -0.3 is 14.9 Å². The highest BCUT2D eigenvalue weighted by Gasteiger charge is 2.54. The van der Waals surface area contributed by atoms with Crippen molar-refractivity contribution in [1.29, 1.82) is 5.26 Å². The number of aromatic nitrogens is 2. The van der Waals surface area contributed by atoms with E-state index in [0.717, 1.165) is 16.8 Å². The van der Waals surface area contributed by atoms with Gasteiger partial charge in [0.25, 0.3) is 5.56 Å². The van der Waals surface area contributed by atoms with Crippen LogP contribution in [0.2, 0.25) is 0 Å². The molecule has 3 N–H and O–H groups in total. The molecular weight excluding hydrogens is 254 g/mol. The molecule has 1 aromatic rings. The van der Waals surface area contributed by atoms with Gasteiger partial charge in [-0.1, -0.05) is 0 Å². The second-order valence-corrected chi connectivity index (χ2v) is 4.70. The Hall–Kier alpha value is -1.95. The fourth-order valence-corrected chi connectivity index (χ4v) is 2.20. The molecule has 8 heteroatoms. The van der Waals surface area contributed by atoms with Crippen LogP contribution in [0.3, 0.4) is 0 Å². The standard InChI is InChI=1S/C11H13N3O5/c1-10(18)5-11(6-12,19-7(10)4-15)14-3-2-8(16)13-9(14)17/h2-3,7,15,18H,4-5H2,1H3,(H,13,16,17)/t7-,10+,11+/m1/s1. The summed E-state index contributed by atoms with van der Waals surface area (Å²) in [5, 5.41) is 28.5. The Kier molecular flexibility index (Phi) is 3.06. The van der Waals surface area contributed by atoms with E-state index in [1.165, 1.54) is 6.92 Å². The Bertz CT molecular complexity index is 641. The number of aromatic amines is 1. The normalized spacial score (nSPS) is 34.1. The average Bonchev–Trinajstić information content (AvgIpc) is 2.61. The number of nitrogens with one attached hydrogen (secondary N) is 1. The van der Waals surface area contributed by atoms with E-state index in [0.29, 0.717) is 0 Å². The molecule has 0 unspecified atom stereocenters. The summed E-state index contributed by atoms with van der Waals surface area (Å²) in [5.41, 5.74) is -4.63. The lowest BCUT2D eigenvalue weighted by atomic mass is 9.94. The van der Waals surface area contributed by atoms with Crippen LogP contribution in [-0.4, -0.2) is 38.1 Å². The molecule has 3 atom stereocenters. The zero-order valence-corrected chi connectivity index (χ0v) is 10.2. The highest BCUT2D eigenvalue weighted by atomic mass is 16.6. The van der Waals surface area contributed by atoms with Gasteiger partial charge >= 0.3 is 5.69 Å². The molecule has 0 aromatic carbocycles. The van der Waals surface area contributed by atoms with Crippen LogP contribution in [0.25, 0.3) is 0 Å². The number of nitriles is 1. The predicted octanol–water partition coefficient (Wildman–Crippen LogP) is -1.75. The number of aliphatic hydroxyl groups is 2. The first-order chi connectivity index (χ1) is 8.84. The third-order valence-electron chi connectivity index (χ3n) is 3.18. The molecule has 1 aliphatic heterocycles. The molecule has 102 valence electrons. The molecule has 0 saturated carbocycles. The third-order valence-corrected chi connectivity index (χ3v) is 3.18. The minimum atomic E-state index is -1.75. The molecule has 1 aromatic heterocycles. The molecule has 1 saturated heterocycles. The van der Waals surface area contributed by atoms with E-state index in [4.69, 9.17) is 9.84 Å². The molecule has 0 bridgehead atoms. The number of ether oxygens (including phenoxy) is 1. The van der Waals surface area contributed by atoms with E-state index in [2.05, 4.69) is 0 Å². The van der Waals surface area contributed by atoms with Crippen molar-refractivity contribution in [1.82, 2.24) is 9.55 Å². The second kappa shape index (κ2) is 4.31. The molecule has 2 rings (SSSR count). The van der Waals surface area contributed by atoms with Crippen LogP contribution in [0.1, 0.15) is 13.3 Å². The molecule has 0 radical (unpaired) electrons. The summed E-state index contributed by atoms with van der Waals surface area (Å²) in [6, 6.07) is 2.90. The molecule has 8 nitrogen and oxygen atoms in total. The minimum absolute atomic E-state index is 0.201. The summed E-state index contributed by atoms with van der Waals surface area (Å²) in [6.45, 7) is 0.915. The monoisotopic (exact) mass is 267 g/mol. The first-order valence-electron chi connectivity index (χ1n) is 5.59. The summed E-state index contributed by atoms with van der Waals surface area (Å²) < 4.78 is 6.25. The van der Waals surface area contributed by atoms with E-state index >= 15 is 0 Å². The number of aliphatic hydroxyl groups excluding tert-OH is 1. The van der Waals surface area contributed by atoms with Crippen molar-refractivity contribution in [2.24, 2.45) is 0 Å². The van der Waals surface area contributed by atoms with Gasteiger partial charge in [-0.25, -0.2) is 4.79 Å². The Labute approximate surface area is 107 Å². The molecule has 0 spiro atoms. The fourth-order valence-electron chi connectivity index (χ4n) is 2.20. The lowest BCUT2D eigenvalue weighted by Gasteiger charge is -2.22. The van der Waals surface area contributed by atoms with Crippen LogP contribution in [0.15, 0.2) is 21.9 Å². The summed E-state index contributed by atoms with van der Waals surface area (Å²) in [7, 11) is 0. The SMILES string of the molecule is C[C@]1(O)C[C@](C#N)(n2ccc(=O)[nH]c2=O)O[C@@H]1CO. The van der Waals surface area contributed by atoms with E-state index in [1.807, 2.05) is 11.1 Å². The Morgan fingerprint density at radius 1 is 1.68 bits per heavy atom. The van der Waals surface area contributed by atoms with Crippen LogP contribution in [0.4, 0.5) is 0 Å². The Morgan fingerprint density at radius 3 is 2.84 bits per heavy atom. The third kappa shape index (κ3) is 2.08. The summed E-state index contributed by atoms with van der Waals surface area (Å²) in [6.07, 6.45) is -0.0700. The lowest BCUT2D eigenvalue weighted by molar-refractivity contribution is -0.101. The van der Waals surface area contributed by atoms with Gasteiger partial charge in [0.1, 0.15) is 12.2 Å². The topological polar surface area (TPSA) is 128 Å². The first-order valence-corrected chi connectivity index (χ1v) is 5.59. The van der Waals surface area contributed by atoms with Gasteiger partial charge in [0.2, 0.25) is 5.72 Å². The highest BCUT2D eigenvalue weighted by molar-refractivity contribution is 5.10. The van der Waals surface area contributed by atoms with Gasteiger partial charge in [0.05, 0.1) is 12.2 Å². The molecular formula is C11H13N3O5. The van der Waals surface area contributed by atoms with Crippen LogP contribution in [0, 0.1) is 11.3 Å². The molecule has 2 heterocycles. The van der Waals surface area contributed by atoms with Crippen LogP contribution < -0.4 is 11.2 Å². The van der Waals surface area contributed by atoms with Crippen LogP contribution in [0.5, 0.6) is 0 Å². The zero-order chi connectivity index (χ0) is 14.3. The summed E-state index contributed by atoms with van der Waals surface area (Å²) in [5.74, 6) is 0. The smallest absolute Gasteiger partial charge is 0.331 e. The quantitative estimate of drug-likeness (QED) is 0.582. The van der Waals surface area contributed by atoms with Crippen molar-refractivity contribution in [2.75, 3.05) is 6.61 Å². The summed E-state index contributed by atoms with van der Waals surface area (Å²) >= 11 is 0. The van der Waals surface area contributed by atoms with Crippen molar-refractivity contribution in [3.05, 3.63) is 33.1 Å². The highest BCUT2D eigenvalue weighted by Crippen LogP contribution is 2.40. The molecule has 1 fully saturated rings. The molecule has 0 amide bonds. The Morgan fingerprint density at radius 2 is 2.37 bits per heavy atom. The summed E-state index contributed by atoms with van der Waals surface area (Å²) in [4.78, 5) is 24.8. The molecule has 0 aliphatic carbocycles. The van der Waals surface area contributed by atoms with Crippen LogP contribution >= 0.6 is 0 Å². The van der Waals surface area contributed by atoms with E-state index in [1.54, 1.807) is 0 Å². The first kappa shape index (κ1) is 13.5.